The van der Waals surface area contributed by atoms with Crippen LogP contribution < -0.4 is 5.32 Å². The lowest BCUT2D eigenvalue weighted by Crippen LogP contribution is -2.33. The average Bonchev–Trinajstić information content (AvgIpc) is 2.99. The first-order chi connectivity index (χ1) is 10.3. The van der Waals surface area contributed by atoms with E-state index in [9.17, 15) is 5.11 Å². The van der Waals surface area contributed by atoms with E-state index in [4.69, 9.17) is 0 Å². The Bertz CT molecular complexity index is 555. The maximum atomic E-state index is 9.97. The molecule has 2 atom stereocenters. The minimum Gasteiger partial charge on any atom is -0.393 e. The van der Waals surface area contributed by atoms with Crippen LogP contribution in [0.15, 0.2) is 35.7 Å². The molecule has 1 heterocycles. The lowest BCUT2D eigenvalue weighted by molar-refractivity contribution is 0.0695. The molecule has 0 spiro atoms. The fourth-order valence-corrected chi connectivity index (χ4v) is 3.70. The van der Waals surface area contributed by atoms with Crippen molar-refractivity contribution in [2.45, 2.75) is 38.3 Å². The monoisotopic (exact) mass is 302 g/mol. The molecule has 21 heavy (non-hydrogen) atoms. The molecule has 4 heteroatoms. The summed E-state index contributed by atoms with van der Waals surface area (Å²) in [6.45, 7) is 1.68. The highest BCUT2D eigenvalue weighted by Crippen LogP contribution is 2.24. The third kappa shape index (κ3) is 3.90. The fraction of sp³-hybridized carbons (Fsp3) is 0.471. The summed E-state index contributed by atoms with van der Waals surface area (Å²) in [6, 6.07) is 10.3. The Morgan fingerprint density at radius 3 is 2.81 bits per heavy atom. The van der Waals surface area contributed by atoms with Gasteiger partial charge in [-0.1, -0.05) is 43.2 Å². The van der Waals surface area contributed by atoms with Gasteiger partial charge < -0.3 is 10.4 Å². The van der Waals surface area contributed by atoms with Crippen LogP contribution >= 0.6 is 11.3 Å². The van der Waals surface area contributed by atoms with Gasteiger partial charge in [-0.15, -0.1) is 11.3 Å². The van der Waals surface area contributed by atoms with Crippen molar-refractivity contribution in [3.63, 3.8) is 0 Å². The number of thiazole rings is 1. The molecule has 2 unspecified atom stereocenters. The summed E-state index contributed by atoms with van der Waals surface area (Å²) in [5.41, 5.74) is 2.22. The smallest absolute Gasteiger partial charge is 0.107 e. The van der Waals surface area contributed by atoms with Crippen LogP contribution in [0, 0.1) is 5.92 Å². The molecule has 1 saturated carbocycles. The predicted molar refractivity (Wildman–Crippen MR) is 87.2 cm³/mol. The van der Waals surface area contributed by atoms with Crippen LogP contribution in [0.2, 0.25) is 0 Å². The number of aliphatic hydroxyl groups is 1. The third-order valence-corrected chi connectivity index (χ3v) is 5.02. The van der Waals surface area contributed by atoms with Gasteiger partial charge in [0.15, 0.2) is 0 Å². The van der Waals surface area contributed by atoms with Crippen LogP contribution in [0.4, 0.5) is 0 Å². The highest BCUT2D eigenvalue weighted by Gasteiger charge is 2.22. The van der Waals surface area contributed by atoms with Gasteiger partial charge in [-0.2, -0.15) is 0 Å². The Morgan fingerprint density at radius 2 is 2.00 bits per heavy atom. The number of nitrogens with one attached hydrogen (secondary N) is 1. The Labute approximate surface area is 130 Å². The van der Waals surface area contributed by atoms with E-state index >= 15 is 0 Å². The van der Waals surface area contributed by atoms with Crippen LogP contribution in [0.1, 0.15) is 30.7 Å². The second-order valence-corrected chi connectivity index (χ2v) is 6.68. The number of nitrogens with zero attached hydrogens (tertiary/aromatic N) is 1. The van der Waals surface area contributed by atoms with Gasteiger partial charge in [-0.05, 0) is 18.8 Å². The number of benzene rings is 1. The number of aromatic nitrogens is 1. The lowest BCUT2D eigenvalue weighted by atomic mass is 9.86. The first-order valence-electron chi connectivity index (χ1n) is 7.71. The topological polar surface area (TPSA) is 45.1 Å². The maximum absolute atomic E-state index is 9.97. The van der Waals surface area contributed by atoms with Crippen molar-refractivity contribution in [3.05, 3.63) is 40.7 Å². The van der Waals surface area contributed by atoms with Crippen molar-refractivity contribution in [2.24, 2.45) is 5.92 Å². The number of rotatable bonds is 5. The molecule has 1 aliphatic carbocycles. The van der Waals surface area contributed by atoms with Crippen LogP contribution in [-0.2, 0) is 6.54 Å². The maximum Gasteiger partial charge on any atom is 0.107 e. The highest BCUT2D eigenvalue weighted by molar-refractivity contribution is 7.09. The van der Waals surface area contributed by atoms with E-state index in [0.717, 1.165) is 36.6 Å². The van der Waals surface area contributed by atoms with E-state index in [-0.39, 0.29) is 6.10 Å². The summed E-state index contributed by atoms with van der Waals surface area (Å²) in [7, 11) is 0. The van der Waals surface area contributed by atoms with Gasteiger partial charge in [-0.25, -0.2) is 4.98 Å². The van der Waals surface area contributed by atoms with Gasteiger partial charge >= 0.3 is 0 Å². The SMILES string of the molecule is OC1CCCCC1CNCc1nc(-c2ccccc2)cs1. The molecule has 1 aromatic carbocycles. The zero-order valence-electron chi connectivity index (χ0n) is 12.2. The summed E-state index contributed by atoms with van der Waals surface area (Å²) in [4.78, 5) is 4.68. The number of hydrogen-bond donors (Lipinski definition) is 2. The molecule has 0 saturated heterocycles. The molecular weight excluding hydrogens is 280 g/mol. The molecule has 2 aromatic rings. The first kappa shape index (κ1) is 14.7. The Hall–Kier alpha value is -1.23. The van der Waals surface area contributed by atoms with Crippen molar-refractivity contribution in [2.75, 3.05) is 6.54 Å². The number of aliphatic hydroxyl groups excluding tert-OH is 1. The zero-order chi connectivity index (χ0) is 14.5. The molecule has 3 nitrogen and oxygen atoms in total. The summed E-state index contributed by atoms with van der Waals surface area (Å²) >= 11 is 1.70. The predicted octanol–water partition coefficient (Wildman–Crippen LogP) is 3.45. The van der Waals surface area contributed by atoms with E-state index < -0.39 is 0 Å². The second-order valence-electron chi connectivity index (χ2n) is 5.74. The van der Waals surface area contributed by atoms with Crippen molar-refractivity contribution < 1.29 is 5.11 Å². The van der Waals surface area contributed by atoms with Crippen LogP contribution in [0.5, 0.6) is 0 Å². The molecule has 1 aromatic heterocycles. The molecule has 1 aliphatic rings. The lowest BCUT2D eigenvalue weighted by Gasteiger charge is -2.27. The van der Waals surface area contributed by atoms with Gasteiger partial charge in [0.25, 0.3) is 0 Å². The molecule has 1 fully saturated rings. The molecule has 2 N–H and O–H groups in total. The van der Waals surface area contributed by atoms with Gasteiger partial charge in [-0.3, -0.25) is 0 Å². The zero-order valence-corrected chi connectivity index (χ0v) is 13.0. The number of hydrogen-bond acceptors (Lipinski definition) is 4. The van der Waals surface area contributed by atoms with Gasteiger partial charge in [0.05, 0.1) is 11.8 Å². The summed E-state index contributed by atoms with van der Waals surface area (Å²) in [5, 5.41) is 16.6. The van der Waals surface area contributed by atoms with Gasteiger partial charge in [0, 0.05) is 24.0 Å². The minimum absolute atomic E-state index is 0.123. The molecule has 0 bridgehead atoms. The van der Waals surface area contributed by atoms with Crippen LogP contribution in [0.25, 0.3) is 11.3 Å². The Balaban J connectivity index is 1.51. The molecule has 112 valence electrons. The minimum atomic E-state index is -0.123. The molecule has 0 aliphatic heterocycles. The molecular formula is C17H22N2OS. The molecule has 0 amide bonds. The fourth-order valence-electron chi connectivity index (χ4n) is 2.92. The Morgan fingerprint density at radius 1 is 1.19 bits per heavy atom. The van der Waals surface area contributed by atoms with Crippen molar-refractivity contribution in [1.82, 2.24) is 10.3 Å². The standard InChI is InChI=1S/C17H22N2OS/c20-16-9-5-4-8-14(16)10-18-11-17-19-15(12-21-17)13-6-2-1-3-7-13/h1-3,6-7,12,14,16,18,20H,4-5,8-11H2. The van der Waals surface area contributed by atoms with Crippen LogP contribution in [-0.4, -0.2) is 22.7 Å². The largest absolute Gasteiger partial charge is 0.393 e. The second kappa shape index (κ2) is 7.16. The van der Waals surface area contributed by atoms with Crippen molar-refractivity contribution in [1.29, 1.82) is 0 Å². The first-order valence-corrected chi connectivity index (χ1v) is 8.59. The van der Waals surface area contributed by atoms with Gasteiger partial charge in [0.1, 0.15) is 5.01 Å². The van der Waals surface area contributed by atoms with E-state index in [1.807, 2.05) is 18.2 Å². The third-order valence-electron chi connectivity index (χ3n) is 4.17. The summed E-state index contributed by atoms with van der Waals surface area (Å²) in [6.07, 6.45) is 4.40. The van der Waals surface area contributed by atoms with E-state index in [1.54, 1.807) is 11.3 Å². The van der Waals surface area contributed by atoms with Crippen molar-refractivity contribution in [3.8, 4) is 11.3 Å². The molecule has 0 radical (unpaired) electrons. The van der Waals surface area contributed by atoms with E-state index in [2.05, 4.69) is 27.8 Å². The highest BCUT2D eigenvalue weighted by atomic mass is 32.1. The summed E-state index contributed by atoms with van der Waals surface area (Å²) in [5.74, 6) is 0.410. The quantitative estimate of drug-likeness (QED) is 0.889. The molecule has 3 rings (SSSR count). The summed E-state index contributed by atoms with van der Waals surface area (Å²) < 4.78 is 0. The average molecular weight is 302 g/mol. The van der Waals surface area contributed by atoms with Crippen LogP contribution in [0.3, 0.4) is 0 Å². The normalized spacial score (nSPS) is 22.3. The van der Waals surface area contributed by atoms with Gasteiger partial charge in [0.2, 0.25) is 0 Å². The Kier molecular flexibility index (Phi) is 5.01. The van der Waals surface area contributed by atoms with Crippen molar-refractivity contribution >= 4 is 11.3 Å². The van der Waals surface area contributed by atoms with E-state index in [1.165, 1.54) is 18.4 Å². The van der Waals surface area contributed by atoms with E-state index in [0.29, 0.717) is 5.92 Å².